The second-order valence-corrected chi connectivity index (χ2v) is 5.20. The van der Waals surface area contributed by atoms with Gasteiger partial charge in [0.15, 0.2) is 0 Å². The summed E-state index contributed by atoms with van der Waals surface area (Å²) in [5, 5.41) is 12.0. The molecule has 0 aromatic heterocycles. The minimum Gasteiger partial charge on any atom is -0.481 e. The van der Waals surface area contributed by atoms with Crippen molar-refractivity contribution in [3.8, 4) is 0 Å². The number of benzene rings is 1. The van der Waals surface area contributed by atoms with Gasteiger partial charge in [0.05, 0.1) is 18.1 Å². The van der Waals surface area contributed by atoms with Gasteiger partial charge in [0.1, 0.15) is 5.92 Å². The molecule has 5 nitrogen and oxygen atoms in total. The molecule has 4 atom stereocenters. The third-order valence-electron chi connectivity index (χ3n) is 3.81. The third kappa shape index (κ3) is 2.10. The Labute approximate surface area is 116 Å². The van der Waals surface area contributed by atoms with Crippen molar-refractivity contribution in [2.24, 2.45) is 11.8 Å². The van der Waals surface area contributed by atoms with Crippen LogP contribution in [0, 0.1) is 18.8 Å². The number of carboxylic acid groups (broad SMARTS) is 1. The summed E-state index contributed by atoms with van der Waals surface area (Å²) in [5.74, 6) is -2.79. The van der Waals surface area contributed by atoms with Gasteiger partial charge in [-0.2, -0.15) is 0 Å². The maximum atomic E-state index is 12.3. The minimum absolute atomic E-state index is 0.307. The number of carbonyl (C=O) groups is 2. The molecule has 3 rings (SSSR count). The number of carboxylic acids is 1. The molecule has 1 aromatic carbocycles. The van der Waals surface area contributed by atoms with E-state index >= 15 is 0 Å². The molecule has 2 aliphatic heterocycles. The van der Waals surface area contributed by atoms with Crippen LogP contribution >= 0.6 is 0 Å². The van der Waals surface area contributed by atoms with E-state index in [1.807, 2.05) is 19.1 Å². The number of hydrogen-bond acceptors (Lipinski definition) is 3. The van der Waals surface area contributed by atoms with Crippen molar-refractivity contribution >= 4 is 17.6 Å². The smallest absolute Gasteiger partial charge is 0.310 e. The molecular formula is C15H15NO4. The topological polar surface area (TPSA) is 75.6 Å². The van der Waals surface area contributed by atoms with E-state index in [1.165, 1.54) is 0 Å². The molecule has 0 radical (unpaired) electrons. The minimum atomic E-state index is -0.995. The van der Waals surface area contributed by atoms with Gasteiger partial charge in [-0.3, -0.25) is 9.59 Å². The van der Waals surface area contributed by atoms with E-state index in [1.54, 1.807) is 24.3 Å². The van der Waals surface area contributed by atoms with E-state index in [-0.39, 0.29) is 5.91 Å². The lowest BCUT2D eigenvalue weighted by atomic mass is 9.82. The molecular weight excluding hydrogens is 258 g/mol. The predicted octanol–water partition coefficient (Wildman–Crippen LogP) is 1.59. The van der Waals surface area contributed by atoms with Crippen LogP contribution in [0.25, 0.3) is 0 Å². The van der Waals surface area contributed by atoms with Crippen molar-refractivity contribution in [2.45, 2.75) is 19.1 Å². The first-order valence-electron chi connectivity index (χ1n) is 6.50. The summed E-state index contributed by atoms with van der Waals surface area (Å²) in [6.45, 7) is 1.96. The zero-order chi connectivity index (χ0) is 14.3. The fraction of sp³-hybridized carbons (Fsp3) is 0.333. The maximum absolute atomic E-state index is 12.3. The number of aryl methyl sites for hydroxylation is 1. The van der Waals surface area contributed by atoms with Crippen molar-refractivity contribution in [1.29, 1.82) is 0 Å². The molecule has 0 spiro atoms. The van der Waals surface area contributed by atoms with E-state index < -0.39 is 30.0 Å². The number of anilines is 1. The van der Waals surface area contributed by atoms with Crippen LogP contribution in [0.1, 0.15) is 5.56 Å². The molecule has 1 saturated heterocycles. The summed E-state index contributed by atoms with van der Waals surface area (Å²) in [7, 11) is 0. The van der Waals surface area contributed by atoms with Crippen LogP contribution < -0.4 is 5.32 Å². The number of fused-ring (bicyclic) bond motifs is 2. The molecule has 2 heterocycles. The molecule has 2 N–H and O–H groups in total. The normalized spacial score (nSPS) is 30.4. The molecule has 0 aliphatic carbocycles. The highest BCUT2D eigenvalue weighted by molar-refractivity contribution is 5.96. The molecule has 1 amide bonds. The van der Waals surface area contributed by atoms with Crippen LogP contribution in [-0.2, 0) is 14.3 Å². The first-order chi connectivity index (χ1) is 9.56. The first kappa shape index (κ1) is 12.9. The largest absolute Gasteiger partial charge is 0.481 e. The second-order valence-electron chi connectivity index (χ2n) is 5.20. The quantitative estimate of drug-likeness (QED) is 0.820. The van der Waals surface area contributed by atoms with Crippen molar-refractivity contribution in [2.75, 3.05) is 5.32 Å². The van der Waals surface area contributed by atoms with Gasteiger partial charge in [-0.15, -0.1) is 0 Å². The fourth-order valence-corrected chi connectivity index (χ4v) is 2.78. The van der Waals surface area contributed by atoms with Gasteiger partial charge in [0.2, 0.25) is 5.91 Å². The molecule has 2 unspecified atom stereocenters. The number of rotatable bonds is 3. The molecule has 1 aromatic rings. The lowest BCUT2D eigenvalue weighted by Crippen LogP contribution is -2.39. The van der Waals surface area contributed by atoms with Gasteiger partial charge in [-0.1, -0.05) is 29.8 Å². The highest BCUT2D eigenvalue weighted by Gasteiger charge is 2.53. The predicted molar refractivity (Wildman–Crippen MR) is 72.2 cm³/mol. The molecule has 104 valence electrons. The summed E-state index contributed by atoms with van der Waals surface area (Å²) in [5.41, 5.74) is 1.76. The highest BCUT2D eigenvalue weighted by Crippen LogP contribution is 2.39. The zero-order valence-corrected chi connectivity index (χ0v) is 10.9. The van der Waals surface area contributed by atoms with Crippen LogP contribution in [-0.4, -0.2) is 29.2 Å². The highest BCUT2D eigenvalue weighted by atomic mass is 16.5. The molecule has 2 aliphatic rings. The number of carbonyl (C=O) groups excluding carboxylic acids is 1. The Bertz CT molecular complexity index is 578. The molecule has 0 saturated carbocycles. The van der Waals surface area contributed by atoms with Crippen molar-refractivity contribution in [3.05, 3.63) is 42.0 Å². The van der Waals surface area contributed by atoms with E-state index in [4.69, 9.17) is 4.74 Å². The lowest BCUT2D eigenvalue weighted by molar-refractivity contribution is -0.145. The first-order valence-corrected chi connectivity index (χ1v) is 6.50. The average Bonchev–Trinajstić information content (AvgIpc) is 3.01. The van der Waals surface area contributed by atoms with Crippen molar-refractivity contribution in [1.82, 2.24) is 0 Å². The van der Waals surface area contributed by atoms with Crippen LogP contribution in [0.5, 0.6) is 0 Å². The number of hydrogen-bond donors (Lipinski definition) is 2. The second kappa shape index (κ2) is 4.76. The van der Waals surface area contributed by atoms with Gasteiger partial charge >= 0.3 is 5.97 Å². The summed E-state index contributed by atoms with van der Waals surface area (Å²) in [6, 6.07) is 7.38. The number of nitrogens with one attached hydrogen (secondary N) is 1. The number of ether oxygens (including phenoxy) is 1. The maximum Gasteiger partial charge on any atom is 0.310 e. The van der Waals surface area contributed by atoms with Gasteiger partial charge in [-0.25, -0.2) is 0 Å². The van der Waals surface area contributed by atoms with Crippen LogP contribution in [0.15, 0.2) is 36.4 Å². The Morgan fingerprint density at radius 2 is 1.70 bits per heavy atom. The van der Waals surface area contributed by atoms with Crippen molar-refractivity contribution in [3.63, 3.8) is 0 Å². The van der Waals surface area contributed by atoms with Gasteiger partial charge in [-0.05, 0) is 19.1 Å². The van der Waals surface area contributed by atoms with Crippen molar-refractivity contribution < 1.29 is 19.4 Å². The van der Waals surface area contributed by atoms with Crippen LogP contribution in [0.4, 0.5) is 5.69 Å². The summed E-state index contributed by atoms with van der Waals surface area (Å²) < 4.78 is 5.48. The lowest BCUT2D eigenvalue weighted by Gasteiger charge is -2.21. The third-order valence-corrected chi connectivity index (χ3v) is 3.81. The van der Waals surface area contributed by atoms with Gasteiger partial charge in [0.25, 0.3) is 0 Å². The number of amides is 1. The zero-order valence-electron chi connectivity index (χ0n) is 10.9. The van der Waals surface area contributed by atoms with E-state index in [0.717, 1.165) is 5.56 Å². The molecule has 5 heteroatoms. The SMILES string of the molecule is Cc1ccc(NC(=O)[C@H]2C3C=CC(O3)[C@H]2C(=O)O)cc1. The Hall–Kier alpha value is -2.14. The molecule has 1 fully saturated rings. The Morgan fingerprint density at radius 3 is 2.30 bits per heavy atom. The van der Waals surface area contributed by atoms with E-state index in [9.17, 15) is 14.7 Å². The number of aliphatic carboxylic acids is 1. The summed E-state index contributed by atoms with van der Waals surface area (Å²) >= 11 is 0. The molecule has 20 heavy (non-hydrogen) atoms. The van der Waals surface area contributed by atoms with Gasteiger partial charge in [0, 0.05) is 5.69 Å². The van der Waals surface area contributed by atoms with Crippen LogP contribution in [0.3, 0.4) is 0 Å². The Balaban J connectivity index is 1.78. The molecule has 2 bridgehead atoms. The van der Waals surface area contributed by atoms with Gasteiger partial charge < -0.3 is 15.2 Å². The fourth-order valence-electron chi connectivity index (χ4n) is 2.78. The van der Waals surface area contributed by atoms with E-state index in [0.29, 0.717) is 5.69 Å². The summed E-state index contributed by atoms with van der Waals surface area (Å²) in [6.07, 6.45) is 2.56. The van der Waals surface area contributed by atoms with E-state index in [2.05, 4.69) is 5.32 Å². The van der Waals surface area contributed by atoms with Crippen LogP contribution in [0.2, 0.25) is 0 Å². The Morgan fingerprint density at radius 1 is 1.10 bits per heavy atom. The monoisotopic (exact) mass is 273 g/mol. The summed E-state index contributed by atoms with van der Waals surface area (Å²) in [4.78, 5) is 23.6. The standard InChI is InChI=1S/C15H15NO4/c1-8-2-4-9(5-3-8)16-14(17)12-10-6-7-11(20-10)13(12)15(18)19/h2-7,10-13H,1H3,(H,16,17)(H,18,19)/t10?,11?,12-,13+/m0/s1. The average molecular weight is 273 g/mol. The Kier molecular flexibility index (Phi) is 3.06.